The first kappa shape index (κ1) is 28.0. The third kappa shape index (κ3) is 7.88. The summed E-state index contributed by atoms with van der Waals surface area (Å²) in [7, 11) is -0.976. The molecule has 0 bridgehead atoms. The van der Waals surface area contributed by atoms with E-state index in [1.807, 2.05) is 37.3 Å². The number of rotatable bonds is 13. The summed E-state index contributed by atoms with van der Waals surface area (Å²) >= 11 is 0. The minimum absolute atomic E-state index is 0.152. The van der Waals surface area contributed by atoms with Crippen molar-refractivity contribution in [3.05, 3.63) is 54.1 Å². The van der Waals surface area contributed by atoms with Crippen LogP contribution in [0.2, 0.25) is 0 Å². The lowest BCUT2D eigenvalue weighted by molar-refractivity contribution is -0.139. The van der Waals surface area contributed by atoms with Gasteiger partial charge in [-0.3, -0.25) is 13.9 Å². The van der Waals surface area contributed by atoms with E-state index in [9.17, 15) is 18.0 Å². The molecule has 1 N–H and O–H groups in total. The van der Waals surface area contributed by atoms with Gasteiger partial charge in [0.1, 0.15) is 24.1 Å². The average Bonchev–Trinajstić information content (AvgIpc) is 2.85. The van der Waals surface area contributed by atoms with Crippen LogP contribution in [0.25, 0.3) is 0 Å². The van der Waals surface area contributed by atoms with Crippen molar-refractivity contribution in [1.82, 2.24) is 10.2 Å². The normalized spacial score (nSPS) is 11.9. The molecule has 0 aliphatic heterocycles. The highest BCUT2D eigenvalue weighted by molar-refractivity contribution is 7.92. The molecule has 0 unspecified atom stereocenters. The second kappa shape index (κ2) is 13.0. The smallest absolute Gasteiger partial charge is 0.244 e. The predicted molar refractivity (Wildman–Crippen MR) is 136 cm³/mol. The summed E-state index contributed by atoms with van der Waals surface area (Å²) in [6.07, 6.45) is 2.77. The molecule has 0 saturated heterocycles. The Balaban J connectivity index is 2.39. The topological polar surface area (TPSA) is 105 Å². The third-order valence-electron chi connectivity index (χ3n) is 5.53. The number of hydrogen-bond donors (Lipinski definition) is 1. The third-order valence-corrected chi connectivity index (χ3v) is 6.65. The van der Waals surface area contributed by atoms with Crippen LogP contribution in [0.5, 0.6) is 11.5 Å². The summed E-state index contributed by atoms with van der Waals surface area (Å²) in [6, 6.07) is 13.1. The summed E-state index contributed by atoms with van der Waals surface area (Å²) in [4.78, 5) is 27.8. The van der Waals surface area contributed by atoms with Crippen molar-refractivity contribution in [3.8, 4) is 11.5 Å². The number of nitrogens with zero attached hydrogens (tertiary/aromatic N) is 2. The molecule has 2 amide bonds. The summed E-state index contributed by atoms with van der Waals surface area (Å²) < 4.78 is 37.0. The van der Waals surface area contributed by atoms with Crippen molar-refractivity contribution in [3.63, 3.8) is 0 Å². The largest absolute Gasteiger partial charge is 0.497 e. The minimum Gasteiger partial charge on any atom is -0.497 e. The Morgan fingerprint density at radius 3 is 2.31 bits per heavy atom. The fourth-order valence-corrected chi connectivity index (χ4v) is 4.34. The number of unbranched alkanes of at least 4 members (excludes halogenated alkanes) is 1. The minimum atomic E-state index is -3.87. The number of carbonyl (C=O) groups is 2. The van der Waals surface area contributed by atoms with Crippen molar-refractivity contribution in [2.75, 3.05) is 37.9 Å². The van der Waals surface area contributed by atoms with Crippen molar-refractivity contribution in [1.29, 1.82) is 0 Å². The molecular formula is C25H35N3O6S. The van der Waals surface area contributed by atoms with Crippen LogP contribution in [-0.2, 0) is 26.2 Å². The van der Waals surface area contributed by atoms with E-state index in [0.29, 0.717) is 12.3 Å². The van der Waals surface area contributed by atoms with Crippen LogP contribution in [0.3, 0.4) is 0 Å². The molecule has 10 heteroatoms. The van der Waals surface area contributed by atoms with Gasteiger partial charge in [0.15, 0.2) is 0 Å². The van der Waals surface area contributed by atoms with Crippen molar-refractivity contribution < 1.29 is 27.5 Å². The van der Waals surface area contributed by atoms with Crippen molar-refractivity contribution in [2.45, 2.75) is 39.3 Å². The van der Waals surface area contributed by atoms with Gasteiger partial charge in [-0.2, -0.15) is 0 Å². The van der Waals surface area contributed by atoms with Crippen molar-refractivity contribution in [2.24, 2.45) is 0 Å². The van der Waals surface area contributed by atoms with Crippen LogP contribution in [0.1, 0.15) is 32.3 Å². The molecule has 35 heavy (non-hydrogen) atoms. The van der Waals surface area contributed by atoms with E-state index in [4.69, 9.17) is 9.47 Å². The van der Waals surface area contributed by atoms with Crippen LogP contribution in [0.4, 0.5) is 5.69 Å². The van der Waals surface area contributed by atoms with Crippen LogP contribution in [0, 0.1) is 0 Å². The van der Waals surface area contributed by atoms with Gasteiger partial charge in [0.05, 0.1) is 26.2 Å². The molecule has 0 aromatic heterocycles. The summed E-state index contributed by atoms with van der Waals surface area (Å²) in [5.74, 6) is -0.0954. The molecule has 0 heterocycles. The number of amides is 2. The fraction of sp³-hybridized carbons (Fsp3) is 0.440. The Hall–Kier alpha value is -3.27. The van der Waals surface area contributed by atoms with Gasteiger partial charge >= 0.3 is 0 Å². The lowest BCUT2D eigenvalue weighted by Crippen LogP contribution is -2.51. The van der Waals surface area contributed by atoms with Crippen LogP contribution in [0.15, 0.2) is 48.5 Å². The molecular weight excluding hydrogens is 470 g/mol. The molecule has 0 radical (unpaired) electrons. The fourth-order valence-electron chi connectivity index (χ4n) is 3.48. The van der Waals surface area contributed by atoms with Crippen LogP contribution >= 0.6 is 0 Å². The molecule has 2 aromatic rings. The number of hydrogen-bond acceptors (Lipinski definition) is 6. The molecule has 0 saturated carbocycles. The second-order valence-electron chi connectivity index (χ2n) is 8.14. The zero-order chi connectivity index (χ0) is 26.0. The van der Waals surface area contributed by atoms with E-state index >= 15 is 0 Å². The first-order valence-electron chi connectivity index (χ1n) is 11.4. The molecule has 9 nitrogen and oxygen atoms in total. The SMILES string of the molecule is CCCCNC(=O)[C@@H](C)N(Cc1ccccc1)C(=O)CN(c1ccc(OC)cc1OC)S(C)(=O)=O. The number of methoxy groups -OCH3 is 2. The van der Waals surface area contributed by atoms with Crippen LogP contribution in [-0.4, -0.2) is 64.7 Å². The van der Waals surface area contributed by atoms with Gasteiger partial charge in [-0.25, -0.2) is 8.42 Å². The highest BCUT2D eigenvalue weighted by Gasteiger charge is 2.31. The Morgan fingerprint density at radius 1 is 1.06 bits per heavy atom. The lowest BCUT2D eigenvalue weighted by atomic mass is 10.1. The Labute approximate surface area is 208 Å². The maximum Gasteiger partial charge on any atom is 0.244 e. The maximum atomic E-state index is 13.6. The monoisotopic (exact) mass is 505 g/mol. The van der Waals surface area contributed by atoms with Gasteiger partial charge in [0.2, 0.25) is 21.8 Å². The first-order chi connectivity index (χ1) is 16.6. The number of ether oxygens (including phenoxy) is 2. The molecule has 2 aromatic carbocycles. The van der Waals surface area contributed by atoms with Gasteiger partial charge in [-0.15, -0.1) is 0 Å². The summed E-state index contributed by atoms with van der Waals surface area (Å²) in [6.45, 7) is 3.82. The Bertz CT molecular complexity index is 1090. The Morgan fingerprint density at radius 2 is 1.74 bits per heavy atom. The van der Waals surface area contributed by atoms with Gasteiger partial charge in [-0.1, -0.05) is 43.7 Å². The number of carbonyl (C=O) groups excluding carboxylic acids is 2. The molecule has 0 spiro atoms. The van der Waals surface area contributed by atoms with E-state index in [0.717, 1.165) is 29.0 Å². The lowest BCUT2D eigenvalue weighted by Gasteiger charge is -2.32. The molecule has 0 fully saturated rings. The second-order valence-corrected chi connectivity index (χ2v) is 10.0. The predicted octanol–water partition coefficient (Wildman–Crippen LogP) is 2.80. The van der Waals surface area contributed by atoms with Gasteiger partial charge < -0.3 is 19.7 Å². The van der Waals surface area contributed by atoms with Gasteiger partial charge in [0.25, 0.3) is 0 Å². The van der Waals surface area contributed by atoms with E-state index in [2.05, 4.69) is 5.32 Å². The quantitative estimate of drug-likeness (QED) is 0.420. The Kier molecular flexibility index (Phi) is 10.4. The highest BCUT2D eigenvalue weighted by Crippen LogP contribution is 2.33. The van der Waals surface area contributed by atoms with E-state index < -0.39 is 28.5 Å². The van der Waals surface area contributed by atoms with Crippen molar-refractivity contribution >= 4 is 27.5 Å². The number of nitrogens with one attached hydrogen (secondary N) is 1. The van der Waals surface area contributed by atoms with E-state index in [1.54, 1.807) is 19.1 Å². The molecule has 0 aliphatic rings. The molecule has 0 aliphatic carbocycles. The van der Waals surface area contributed by atoms with Crippen LogP contribution < -0.4 is 19.1 Å². The number of sulfonamides is 1. The average molecular weight is 506 g/mol. The zero-order valence-electron chi connectivity index (χ0n) is 21.0. The standard InChI is InChI=1S/C25H35N3O6S/c1-6-7-15-26-25(30)19(2)27(17-20-11-9-8-10-12-20)24(29)18-28(35(5,31)32)22-14-13-21(33-3)16-23(22)34-4/h8-14,16,19H,6-7,15,17-18H2,1-5H3,(H,26,30)/t19-/m1/s1. The highest BCUT2D eigenvalue weighted by atomic mass is 32.2. The first-order valence-corrected chi connectivity index (χ1v) is 13.3. The number of anilines is 1. The van der Waals surface area contributed by atoms with Gasteiger partial charge in [-0.05, 0) is 31.0 Å². The van der Waals surface area contributed by atoms with E-state index in [-0.39, 0.29) is 23.9 Å². The molecule has 1 atom stereocenters. The van der Waals surface area contributed by atoms with E-state index in [1.165, 1.54) is 25.2 Å². The summed E-state index contributed by atoms with van der Waals surface area (Å²) in [5, 5.41) is 2.85. The number of benzene rings is 2. The zero-order valence-corrected chi connectivity index (χ0v) is 21.8. The molecule has 2 rings (SSSR count). The maximum absolute atomic E-state index is 13.6. The van der Waals surface area contributed by atoms with Gasteiger partial charge in [0, 0.05) is 19.2 Å². The summed E-state index contributed by atoms with van der Waals surface area (Å²) in [5.41, 5.74) is 1.02. The molecule has 192 valence electrons.